The summed E-state index contributed by atoms with van der Waals surface area (Å²) in [6.45, 7) is 1.97. The molecule has 1 aromatic carbocycles. The molecule has 0 aliphatic rings. The molecule has 13 heavy (non-hydrogen) atoms. The molecule has 0 nitrogen and oxygen atoms in total. The highest BCUT2D eigenvalue weighted by Gasteiger charge is 2.21. The van der Waals surface area contributed by atoms with E-state index in [0.717, 1.165) is 11.1 Å². The van der Waals surface area contributed by atoms with Crippen LogP contribution in [0.4, 0.5) is 0 Å². The molecule has 0 N–H and O–H groups in total. The van der Waals surface area contributed by atoms with Crippen LogP contribution in [0.2, 0.25) is 5.02 Å². The minimum atomic E-state index is -1.28. The van der Waals surface area contributed by atoms with Gasteiger partial charge in [-0.25, -0.2) is 0 Å². The highest BCUT2D eigenvalue weighted by molar-refractivity contribution is 6.67. The minimum Gasteiger partial charge on any atom is -0.0840 e. The molecule has 1 aromatic rings. The van der Waals surface area contributed by atoms with Crippen LogP contribution in [-0.2, 0) is 6.42 Å². The van der Waals surface area contributed by atoms with Crippen LogP contribution in [0.15, 0.2) is 18.2 Å². The van der Waals surface area contributed by atoms with Crippen LogP contribution < -0.4 is 0 Å². The molecule has 0 fully saturated rings. The molecule has 0 heterocycles. The Morgan fingerprint density at radius 2 is 1.85 bits per heavy atom. The van der Waals surface area contributed by atoms with Crippen LogP contribution in [0.3, 0.4) is 0 Å². The van der Waals surface area contributed by atoms with Crippen LogP contribution in [0, 0.1) is 6.92 Å². The fraction of sp³-hybridized carbons (Fsp3) is 0.333. The van der Waals surface area contributed by atoms with Gasteiger partial charge in [0.05, 0.1) is 0 Å². The topological polar surface area (TPSA) is 0 Å². The van der Waals surface area contributed by atoms with Crippen molar-refractivity contribution in [2.75, 3.05) is 0 Å². The van der Waals surface area contributed by atoms with Crippen molar-refractivity contribution in [1.29, 1.82) is 0 Å². The summed E-state index contributed by atoms with van der Waals surface area (Å²) >= 11 is 22.9. The second kappa shape index (κ2) is 4.27. The maximum absolute atomic E-state index is 5.93. The molecule has 0 saturated carbocycles. The predicted octanol–water partition coefficient (Wildman–Crippen LogP) is 4.56. The lowest BCUT2D eigenvalue weighted by Crippen LogP contribution is -2.07. The van der Waals surface area contributed by atoms with Crippen LogP contribution in [0.5, 0.6) is 0 Å². The van der Waals surface area contributed by atoms with Crippen molar-refractivity contribution in [3.63, 3.8) is 0 Å². The quantitative estimate of drug-likeness (QED) is 0.647. The zero-order valence-corrected chi connectivity index (χ0v) is 9.97. The van der Waals surface area contributed by atoms with Gasteiger partial charge in [-0.05, 0) is 18.6 Å². The van der Waals surface area contributed by atoms with Crippen molar-refractivity contribution in [1.82, 2.24) is 0 Å². The van der Waals surface area contributed by atoms with Gasteiger partial charge in [-0.3, -0.25) is 0 Å². The Bertz CT molecular complexity index is 301. The normalized spacial score (nSPS) is 11.8. The fourth-order valence-electron chi connectivity index (χ4n) is 1.05. The van der Waals surface area contributed by atoms with Crippen molar-refractivity contribution in [3.8, 4) is 0 Å². The van der Waals surface area contributed by atoms with Crippen molar-refractivity contribution in [3.05, 3.63) is 34.3 Å². The Morgan fingerprint density at radius 1 is 1.23 bits per heavy atom. The zero-order valence-electron chi connectivity index (χ0n) is 6.95. The van der Waals surface area contributed by atoms with Crippen molar-refractivity contribution < 1.29 is 0 Å². The molecule has 0 saturated heterocycles. The first kappa shape index (κ1) is 11.5. The van der Waals surface area contributed by atoms with E-state index in [9.17, 15) is 0 Å². The summed E-state index contributed by atoms with van der Waals surface area (Å²) in [6, 6.07) is 5.65. The molecule has 4 heteroatoms. The van der Waals surface area contributed by atoms with Gasteiger partial charge in [0.25, 0.3) is 0 Å². The van der Waals surface area contributed by atoms with Crippen LogP contribution >= 0.6 is 46.4 Å². The molecule has 0 bridgehead atoms. The maximum Gasteiger partial charge on any atom is 0.194 e. The Balaban J connectivity index is 2.94. The molecular weight excluding hydrogens is 250 g/mol. The maximum atomic E-state index is 5.93. The average Bonchev–Trinajstić information content (AvgIpc) is 1.94. The second-order valence-corrected chi connectivity index (χ2v) is 5.81. The standard InChI is InChI=1S/C9H8Cl4/c1-6-2-3-8(10)7(4-6)5-9(11,12)13/h2-4H,5H2,1H3. The molecule has 0 aliphatic carbocycles. The smallest absolute Gasteiger partial charge is 0.0840 e. The van der Waals surface area contributed by atoms with E-state index in [1.807, 2.05) is 25.1 Å². The Kier molecular flexibility index (Phi) is 3.76. The first-order chi connectivity index (χ1) is 5.88. The molecule has 0 amide bonds. The van der Waals surface area contributed by atoms with Gasteiger partial charge in [0.2, 0.25) is 0 Å². The lowest BCUT2D eigenvalue weighted by Gasteiger charge is -2.12. The largest absolute Gasteiger partial charge is 0.194 e. The highest BCUT2D eigenvalue weighted by atomic mass is 35.6. The lowest BCUT2D eigenvalue weighted by atomic mass is 10.1. The number of aryl methyl sites for hydroxylation is 1. The summed E-state index contributed by atoms with van der Waals surface area (Å²) in [4.78, 5) is 0. The van der Waals surface area contributed by atoms with Crippen molar-refractivity contribution in [2.24, 2.45) is 0 Å². The molecule has 0 radical (unpaired) electrons. The minimum absolute atomic E-state index is 0.332. The zero-order chi connectivity index (χ0) is 10.1. The van der Waals surface area contributed by atoms with Gasteiger partial charge in [-0.1, -0.05) is 64.1 Å². The fourth-order valence-corrected chi connectivity index (χ4v) is 1.67. The highest BCUT2D eigenvalue weighted by Crippen LogP contribution is 2.33. The third-order valence-electron chi connectivity index (χ3n) is 1.59. The van der Waals surface area contributed by atoms with Gasteiger partial charge in [-0.15, -0.1) is 0 Å². The monoisotopic (exact) mass is 256 g/mol. The van der Waals surface area contributed by atoms with Gasteiger partial charge < -0.3 is 0 Å². The van der Waals surface area contributed by atoms with Crippen LogP contribution in [0.1, 0.15) is 11.1 Å². The molecule has 0 atom stereocenters. The third kappa shape index (κ3) is 3.95. The van der Waals surface area contributed by atoms with E-state index < -0.39 is 3.79 Å². The molecule has 72 valence electrons. The van der Waals surface area contributed by atoms with E-state index in [-0.39, 0.29) is 0 Å². The van der Waals surface area contributed by atoms with Gasteiger partial charge >= 0.3 is 0 Å². The third-order valence-corrected chi connectivity index (χ3v) is 2.36. The van der Waals surface area contributed by atoms with E-state index in [2.05, 4.69) is 0 Å². The number of hydrogen-bond acceptors (Lipinski definition) is 0. The molecule has 0 aromatic heterocycles. The van der Waals surface area contributed by atoms with Crippen molar-refractivity contribution in [2.45, 2.75) is 17.1 Å². The summed E-state index contributed by atoms with van der Waals surface area (Å²) in [5.41, 5.74) is 1.97. The number of hydrogen-bond donors (Lipinski definition) is 0. The van der Waals surface area contributed by atoms with E-state index in [1.54, 1.807) is 0 Å². The SMILES string of the molecule is Cc1ccc(Cl)c(CC(Cl)(Cl)Cl)c1. The van der Waals surface area contributed by atoms with Crippen molar-refractivity contribution >= 4 is 46.4 Å². The second-order valence-electron chi connectivity index (χ2n) is 2.89. The summed E-state index contributed by atoms with van der Waals surface area (Å²) in [5.74, 6) is 0. The molecule has 0 unspecified atom stereocenters. The van der Waals surface area contributed by atoms with E-state index in [4.69, 9.17) is 46.4 Å². The molecule has 0 aliphatic heterocycles. The predicted molar refractivity (Wildman–Crippen MR) is 60.2 cm³/mol. The van der Waals surface area contributed by atoms with Gasteiger partial charge in [-0.2, -0.15) is 0 Å². The van der Waals surface area contributed by atoms with E-state index in [1.165, 1.54) is 0 Å². The van der Waals surface area contributed by atoms with Crippen LogP contribution in [0.25, 0.3) is 0 Å². The first-order valence-corrected chi connectivity index (χ1v) is 5.21. The number of halogens is 4. The van der Waals surface area contributed by atoms with Gasteiger partial charge in [0.1, 0.15) is 0 Å². The average molecular weight is 258 g/mol. The Hall–Kier alpha value is 0.380. The van der Waals surface area contributed by atoms with Gasteiger partial charge in [0.15, 0.2) is 3.79 Å². The number of alkyl halides is 3. The van der Waals surface area contributed by atoms with Crippen LogP contribution in [-0.4, -0.2) is 3.79 Å². The van der Waals surface area contributed by atoms with E-state index >= 15 is 0 Å². The lowest BCUT2D eigenvalue weighted by molar-refractivity contribution is 1.02. The Morgan fingerprint density at radius 3 is 2.38 bits per heavy atom. The van der Waals surface area contributed by atoms with E-state index in [0.29, 0.717) is 11.4 Å². The summed E-state index contributed by atoms with van der Waals surface area (Å²) in [5, 5.41) is 0.636. The molecule has 0 spiro atoms. The number of rotatable bonds is 1. The molecule has 1 rings (SSSR count). The van der Waals surface area contributed by atoms with Gasteiger partial charge in [0, 0.05) is 11.4 Å². The number of benzene rings is 1. The summed E-state index contributed by atoms with van der Waals surface area (Å²) < 4.78 is -1.28. The summed E-state index contributed by atoms with van der Waals surface area (Å²) in [6.07, 6.45) is 0.332. The first-order valence-electron chi connectivity index (χ1n) is 3.70. The molecular formula is C9H8Cl4. The summed E-state index contributed by atoms with van der Waals surface area (Å²) in [7, 11) is 0. The Labute approximate surface area is 97.7 Å².